The number of ether oxygens (including phenoxy) is 1. The van der Waals surface area contributed by atoms with E-state index in [0.29, 0.717) is 5.82 Å². The molecular weight excluding hydrogens is 299 g/mol. The Labute approximate surface area is 125 Å². The summed E-state index contributed by atoms with van der Waals surface area (Å²) in [5, 5.41) is 9.23. The number of carbonyl (C=O) groups is 1. The van der Waals surface area contributed by atoms with Crippen molar-refractivity contribution in [2.45, 2.75) is 19.8 Å². The molecule has 2 rings (SSSR count). The Hall–Kier alpha value is -2.21. The van der Waals surface area contributed by atoms with Gasteiger partial charge in [-0.05, 0) is 18.2 Å². The Morgan fingerprint density at radius 3 is 2.67 bits per heavy atom. The van der Waals surface area contributed by atoms with Gasteiger partial charge in [-0.25, -0.2) is 19.2 Å². The predicted molar refractivity (Wildman–Crippen MR) is 74.6 cm³/mol. The molecule has 0 aliphatic rings. The first-order valence-corrected chi connectivity index (χ1v) is 6.49. The van der Waals surface area contributed by atoms with Gasteiger partial charge in [0, 0.05) is 5.92 Å². The van der Waals surface area contributed by atoms with Crippen molar-refractivity contribution in [1.82, 2.24) is 9.97 Å². The highest BCUT2D eigenvalue weighted by Gasteiger charge is 2.18. The van der Waals surface area contributed by atoms with Crippen molar-refractivity contribution in [3.8, 4) is 11.5 Å². The van der Waals surface area contributed by atoms with Crippen LogP contribution in [0, 0.1) is 5.82 Å². The minimum atomic E-state index is -1.24. The summed E-state index contributed by atoms with van der Waals surface area (Å²) in [5.74, 6) is -1.32. The monoisotopic (exact) mass is 310 g/mol. The topological polar surface area (TPSA) is 72.3 Å². The van der Waals surface area contributed by atoms with Crippen LogP contribution in [0.4, 0.5) is 4.39 Å². The van der Waals surface area contributed by atoms with Gasteiger partial charge in [0.2, 0.25) is 0 Å². The van der Waals surface area contributed by atoms with Crippen molar-refractivity contribution < 1.29 is 19.0 Å². The van der Waals surface area contributed by atoms with Crippen LogP contribution in [0.1, 0.15) is 36.1 Å². The Bertz CT molecular complexity index is 692. The van der Waals surface area contributed by atoms with Crippen LogP contribution in [0.25, 0.3) is 0 Å². The number of aromatic carboxylic acids is 1. The normalized spacial score (nSPS) is 10.7. The third-order valence-electron chi connectivity index (χ3n) is 2.61. The number of carboxylic acids is 1. The summed E-state index contributed by atoms with van der Waals surface area (Å²) in [6.45, 7) is 3.69. The van der Waals surface area contributed by atoms with Crippen molar-refractivity contribution in [3.63, 3.8) is 0 Å². The summed E-state index contributed by atoms with van der Waals surface area (Å²) in [5.41, 5.74) is -0.269. The van der Waals surface area contributed by atoms with E-state index in [2.05, 4.69) is 9.97 Å². The number of halogens is 2. The summed E-state index contributed by atoms with van der Waals surface area (Å²) in [4.78, 5) is 19.3. The molecule has 21 heavy (non-hydrogen) atoms. The molecule has 0 saturated carbocycles. The maximum Gasteiger partial charge on any atom is 0.358 e. The molecule has 1 aromatic heterocycles. The van der Waals surface area contributed by atoms with Crippen LogP contribution in [-0.4, -0.2) is 21.0 Å². The number of hydrogen-bond acceptors (Lipinski definition) is 4. The lowest BCUT2D eigenvalue weighted by Gasteiger charge is -2.11. The smallest absolute Gasteiger partial charge is 0.358 e. The number of carboxylic acid groups (broad SMARTS) is 1. The highest BCUT2D eigenvalue weighted by molar-refractivity contribution is 6.32. The van der Waals surface area contributed by atoms with Crippen LogP contribution in [-0.2, 0) is 0 Å². The van der Waals surface area contributed by atoms with Gasteiger partial charge in [-0.2, -0.15) is 0 Å². The Morgan fingerprint density at radius 1 is 1.38 bits per heavy atom. The van der Waals surface area contributed by atoms with E-state index in [4.69, 9.17) is 16.3 Å². The third kappa shape index (κ3) is 3.46. The second-order valence-corrected chi connectivity index (χ2v) is 4.98. The molecule has 0 fully saturated rings. The molecule has 1 heterocycles. The molecule has 110 valence electrons. The van der Waals surface area contributed by atoms with Crippen molar-refractivity contribution >= 4 is 17.6 Å². The lowest BCUT2D eigenvalue weighted by molar-refractivity contribution is 0.0686. The number of benzene rings is 1. The summed E-state index contributed by atoms with van der Waals surface area (Å²) in [6, 6.07) is 3.53. The molecule has 0 radical (unpaired) electrons. The summed E-state index contributed by atoms with van der Waals surface area (Å²) < 4.78 is 18.4. The zero-order valence-electron chi connectivity index (χ0n) is 11.3. The van der Waals surface area contributed by atoms with Gasteiger partial charge in [-0.1, -0.05) is 25.4 Å². The van der Waals surface area contributed by atoms with Crippen molar-refractivity contribution in [3.05, 3.63) is 46.8 Å². The van der Waals surface area contributed by atoms with E-state index < -0.39 is 11.8 Å². The third-order valence-corrected chi connectivity index (χ3v) is 2.90. The van der Waals surface area contributed by atoms with Gasteiger partial charge >= 0.3 is 5.97 Å². The maximum atomic E-state index is 13.0. The molecule has 0 unspecified atom stereocenters. The molecule has 7 heteroatoms. The van der Waals surface area contributed by atoms with Gasteiger partial charge in [-0.3, -0.25) is 0 Å². The Balaban J connectivity index is 2.41. The number of nitrogens with zero attached hydrogens (tertiary/aromatic N) is 2. The molecule has 0 aliphatic heterocycles. The van der Waals surface area contributed by atoms with E-state index >= 15 is 0 Å². The Morgan fingerprint density at radius 2 is 2.10 bits per heavy atom. The fraction of sp³-hybridized carbons (Fsp3) is 0.214. The largest absolute Gasteiger partial charge is 0.476 e. The standard InChI is InChI=1S/C14H12ClFN2O3/c1-7(2)13-17-6-11(12(18-13)14(19)20)21-10-4-3-8(16)5-9(10)15/h3-7H,1-2H3,(H,19,20). The molecule has 5 nitrogen and oxygen atoms in total. The highest BCUT2D eigenvalue weighted by Crippen LogP contribution is 2.31. The van der Waals surface area contributed by atoms with E-state index in [9.17, 15) is 14.3 Å². The first-order chi connectivity index (χ1) is 9.88. The maximum absolute atomic E-state index is 13.0. The molecule has 0 amide bonds. The molecule has 1 aromatic carbocycles. The van der Waals surface area contributed by atoms with Crippen LogP contribution < -0.4 is 4.74 Å². The quantitative estimate of drug-likeness (QED) is 0.927. The van der Waals surface area contributed by atoms with Gasteiger partial charge in [0.1, 0.15) is 17.4 Å². The summed E-state index contributed by atoms with van der Waals surface area (Å²) in [7, 11) is 0. The molecular formula is C14H12ClFN2O3. The Kier molecular flexibility index (Phi) is 4.37. The van der Waals surface area contributed by atoms with Crippen LogP contribution in [0.5, 0.6) is 11.5 Å². The summed E-state index contributed by atoms with van der Waals surface area (Å²) >= 11 is 5.84. The van der Waals surface area contributed by atoms with Gasteiger partial charge in [0.15, 0.2) is 11.4 Å². The van der Waals surface area contributed by atoms with Crippen molar-refractivity contribution in [2.75, 3.05) is 0 Å². The summed E-state index contributed by atoms with van der Waals surface area (Å²) in [6.07, 6.45) is 1.27. The highest BCUT2D eigenvalue weighted by atomic mass is 35.5. The first kappa shape index (κ1) is 15.2. The molecule has 0 atom stereocenters. The number of aromatic nitrogens is 2. The van der Waals surface area contributed by atoms with Crippen LogP contribution in [0.3, 0.4) is 0 Å². The molecule has 1 N–H and O–H groups in total. The zero-order chi connectivity index (χ0) is 15.6. The lowest BCUT2D eigenvalue weighted by Crippen LogP contribution is -2.08. The van der Waals surface area contributed by atoms with Crippen LogP contribution in [0.15, 0.2) is 24.4 Å². The molecule has 0 saturated heterocycles. The van der Waals surface area contributed by atoms with Crippen molar-refractivity contribution in [2.24, 2.45) is 0 Å². The van der Waals surface area contributed by atoms with Crippen LogP contribution in [0.2, 0.25) is 5.02 Å². The fourth-order valence-corrected chi connectivity index (χ4v) is 1.77. The SMILES string of the molecule is CC(C)c1ncc(Oc2ccc(F)cc2Cl)c(C(=O)O)n1. The number of hydrogen-bond donors (Lipinski definition) is 1. The first-order valence-electron chi connectivity index (χ1n) is 6.11. The van der Waals surface area contributed by atoms with Gasteiger partial charge < -0.3 is 9.84 Å². The zero-order valence-corrected chi connectivity index (χ0v) is 12.1. The average molecular weight is 311 g/mol. The second-order valence-electron chi connectivity index (χ2n) is 4.58. The molecule has 0 spiro atoms. The van der Waals surface area contributed by atoms with E-state index in [0.717, 1.165) is 12.1 Å². The fourth-order valence-electron chi connectivity index (χ4n) is 1.57. The van der Waals surface area contributed by atoms with E-state index in [1.54, 1.807) is 0 Å². The van der Waals surface area contributed by atoms with Gasteiger partial charge in [0.05, 0.1) is 11.2 Å². The van der Waals surface area contributed by atoms with Gasteiger partial charge in [0.25, 0.3) is 0 Å². The lowest BCUT2D eigenvalue weighted by atomic mass is 10.2. The molecule has 2 aromatic rings. The minimum absolute atomic E-state index is 0.0217. The van der Waals surface area contributed by atoms with Gasteiger partial charge in [-0.15, -0.1) is 0 Å². The van der Waals surface area contributed by atoms with Crippen molar-refractivity contribution in [1.29, 1.82) is 0 Å². The average Bonchev–Trinajstić information content (AvgIpc) is 2.41. The number of rotatable bonds is 4. The predicted octanol–water partition coefficient (Wildman–Crippen LogP) is 3.88. The second kappa shape index (κ2) is 6.05. The minimum Gasteiger partial charge on any atom is -0.476 e. The van der Waals surface area contributed by atoms with Crippen LogP contribution >= 0.6 is 11.6 Å². The molecule has 0 bridgehead atoms. The van der Waals surface area contributed by atoms with E-state index in [1.807, 2.05) is 13.8 Å². The van der Waals surface area contributed by atoms with E-state index in [1.165, 1.54) is 12.3 Å². The molecule has 0 aliphatic carbocycles. The van der Waals surface area contributed by atoms with E-state index in [-0.39, 0.29) is 28.1 Å².